The smallest absolute Gasteiger partial charge is 0.251 e. The molecule has 0 N–H and O–H groups in total. The van der Waals surface area contributed by atoms with Crippen LogP contribution < -0.4 is 9.63 Å². The van der Waals surface area contributed by atoms with Crippen LogP contribution in [0.25, 0.3) is 0 Å². The van der Waals surface area contributed by atoms with Crippen molar-refractivity contribution in [2.45, 2.75) is 5.03 Å². The highest BCUT2D eigenvalue weighted by atomic mass is 32.2. The average molecular weight is 329 g/mol. The van der Waals surface area contributed by atoms with Gasteiger partial charge in [0, 0.05) is 44.0 Å². The molecule has 6 heteroatoms. The fourth-order valence-corrected chi connectivity index (χ4v) is 3.42. The molecule has 1 aromatic heterocycles. The van der Waals surface area contributed by atoms with Crippen molar-refractivity contribution in [1.29, 1.82) is 0 Å². The monoisotopic (exact) mass is 329 g/mol. The van der Waals surface area contributed by atoms with Gasteiger partial charge in [-0.1, -0.05) is 18.2 Å². The van der Waals surface area contributed by atoms with Gasteiger partial charge in [-0.25, -0.2) is 0 Å². The van der Waals surface area contributed by atoms with Crippen LogP contribution in [0.5, 0.6) is 0 Å². The number of anilines is 1. The van der Waals surface area contributed by atoms with E-state index in [2.05, 4.69) is 17.0 Å². The van der Waals surface area contributed by atoms with Gasteiger partial charge in [0.15, 0.2) is 6.20 Å². The molecular weight excluding hydrogens is 310 g/mol. The van der Waals surface area contributed by atoms with Gasteiger partial charge in [-0.3, -0.25) is 4.79 Å². The molecule has 0 saturated carbocycles. The lowest BCUT2D eigenvalue weighted by atomic mass is 10.2. The van der Waals surface area contributed by atoms with Crippen molar-refractivity contribution < 1.29 is 9.52 Å². The van der Waals surface area contributed by atoms with Crippen molar-refractivity contribution >= 4 is 23.4 Å². The lowest BCUT2D eigenvalue weighted by molar-refractivity contribution is -0.645. The molecule has 0 atom stereocenters. The van der Waals surface area contributed by atoms with Crippen LogP contribution in [-0.4, -0.2) is 42.7 Å². The van der Waals surface area contributed by atoms with Gasteiger partial charge in [-0.15, -0.1) is 0 Å². The topological polar surface area (TPSA) is 50.5 Å². The van der Waals surface area contributed by atoms with E-state index in [0.717, 1.165) is 30.9 Å². The Kier molecular flexibility index (Phi) is 5.02. The second kappa shape index (κ2) is 7.37. The normalized spacial score (nSPS) is 14.8. The molecule has 2 heterocycles. The van der Waals surface area contributed by atoms with E-state index in [-0.39, 0.29) is 5.91 Å². The van der Waals surface area contributed by atoms with E-state index in [9.17, 15) is 10.0 Å². The summed E-state index contributed by atoms with van der Waals surface area (Å²) in [5.74, 6) is 0.393. The highest BCUT2D eigenvalue weighted by Crippen LogP contribution is 2.17. The Balaban J connectivity index is 1.50. The Hall–Kier alpha value is -2.21. The minimum atomic E-state index is 0.0894. The van der Waals surface area contributed by atoms with Crippen LogP contribution in [0, 0.1) is 5.21 Å². The number of carbonyl (C=O) groups excluding carboxylic acids is 1. The highest BCUT2D eigenvalue weighted by Gasteiger charge is 2.22. The maximum atomic E-state index is 12.3. The Morgan fingerprint density at radius 1 is 1.04 bits per heavy atom. The van der Waals surface area contributed by atoms with E-state index in [4.69, 9.17) is 0 Å². The summed E-state index contributed by atoms with van der Waals surface area (Å²) in [7, 11) is 0. The van der Waals surface area contributed by atoms with Crippen molar-refractivity contribution in [2.75, 3.05) is 36.8 Å². The number of hydrogen-bond donors (Lipinski definition) is 0. The summed E-state index contributed by atoms with van der Waals surface area (Å²) >= 11 is 1.29. The van der Waals surface area contributed by atoms with Crippen molar-refractivity contribution in [3.05, 3.63) is 59.9 Å². The van der Waals surface area contributed by atoms with Crippen molar-refractivity contribution in [3.63, 3.8) is 0 Å². The fraction of sp³-hybridized carbons (Fsp3) is 0.294. The molecular formula is C17H19N3O2S. The third kappa shape index (κ3) is 3.96. The van der Waals surface area contributed by atoms with Gasteiger partial charge in [-0.05, 0) is 30.0 Å². The lowest BCUT2D eigenvalue weighted by Crippen LogP contribution is -2.49. The van der Waals surface area contributed by atoms with Gasteiger partial charge < -0.3 is 15.0 Å². The van der Waals surface area contributed by atoms with E-state index in [1.54, 1.807) is 18.2 Å². The number of carbonyl (C=O) groups is 1. The summed E-state index contributed by atoms with van der Waals surface area (Å²) in [4.78, 5) is 16.5. The summed E-state index contributed by atoms with van der Waals surface area (Å²) < 4.78 is 0.797. The summed E-state index contributed by atoms with van der Waals surface area (Å²) in [6.45, 7) is 3.13. The Bertz CT molecular complexity index is 658. The summed E-state index contributed by atoms with van der Waals surface area (Å²) in [6, 6.07) is 15.5. The van der Waals surface area contributed by atoms with Gasteiger partial charge in [0.2, 0.25) is 5.91 Å². The maximum absolute atomic E-state index is 12.3. The van der Waals surface area contributed by atoms with Crippen LogP contribution in [0.3, 0.4) is 0 Å². The average Bonchev–Trinajstić information content (AvgIpc) is 2.62. The van der Waals surface area contributed by atoms with Crippen molar-refractivity contribution in [3.8, 4) is 0 Å². The standard InChI is InChI=1S/C17H19N3O2S/c21-16(14-23-17-8-4-5-9-20(17)22)19-12-10-18(11-13-19)15-6-2-1-3-7-15/h1-9H,10-14H2. The number of pyridine rings is 1. The quantitative estimate of drug-likeness (QED) is 0.487. The molecule has 2 aromatic rings. The van der Waals surface area contributed by atoms with Gasteiger partial charge in [-0.2, -0.15) is 4.73 Å². The molecule has 1 amide bonds. The van der Waals surface area contributed by atoms with Crippen LogP contribution >= 0.6 is 11.8 Å². The Morgan fingerprint density at radius 3 is 2.43 bits per heavy atom. The van der Waals surface area contributed by atoms with Crippen molar-refractivity contribution in [2.24, 2.45) is 0 Å². The molecule has 0 radical (unpaired) electrons. The molecule has 1 saturated heterocycles. The van der Waals surface area contributed by atoms with Crippen LogP contribution in [0.4, 0.5) is 5.69 Å². The lowest BCUT2D eigenvalue weighted by Gasteiger charge is -2.36. The zero-order chi connectivity index (χ0) is 16.1. The molecule has 1 aromatic carbocycles. The molecule has 23 heavy (non-hydrogen) atoms. The minimum absolute atomic E-state index is 0.0894. The number of benzene rings is 1. The fourth-order valence-electron chi connectivity index (χ4n) is 2.60. The molecule has 0 aliphatic carbocycles. The highest BCUT2D eigenvalue weighted by molar-refractivity contribution is 7.99. The SMILES string of the molecule is O=C(CSc1cccc[n+]1[O-])N1CCN(c2ccccc2)CC1. The van der Waals surface area contributed by atoms with Gasteiger partial charge in [0.05, 0.1) is 5.75 Å². The number of amides is 1. The predicted molar refractivity (Wildman–Crippen MR) is 91.4 cm³/mol. The second-order valence-corrected chi connectivity index (χ2v) is 6.35. The van der Waals surface area contributed by atoms with Crippen LogP contribution in [-0.2, 0) is 4.79 Å². The molecule has 0 spiro atoms. The van der Waals surface area contributed by atoms with Crippen LogP contribution in [0.1, 0.15) is 0 Å². The number of para-hydroxylation sites is 1. The van der Waals surface area contributed by atoms with Gasteiger partial charge in [0.1, 0.15) is 0 Å². The first-order valence-electron chi connectivity index (χ1n) is 7.63. The predicted octanol–water partition coefficient (Wildman–Crippen LogP) is 1.76. The van der Waals surface area contributed by atoms with E-state index < -0.39 is 0 Å². The Morgan fingerprint density at radius 2 is 1.74 bits per heavy atom. The molecule has 120 valence electrons. The molecule has 1 fully saturated rings. The zero-order valence-corrected chi connectivity index (χ0v) is 13.6. The number of thioether (sulfide) groups is 1. The first-order chi connectivity index (χ1) is 11.2. The molecule has 0 bridgehead atoms. The molecule has 0 unspecified atom stereocenters. The first-order valence-corrected chi connectivity index (χ1v) is 8.61. The van der Waals surface area contributed by atoms with Gasteiger partial charge >= 0.3 is 0 Å². The van der Waals surface area contributed by atoms with Gasteiger partial charge in [0.25, 0.3) is 5.03 Å². The molecule has 1 aliphatic rings. The number of hydrogen-bond acceptors (Lipinski definition) is 4. The van der Waals surface area contributed by atoms with E-state index >= 15 is 0 Å². The molecule has 5 nitrogen and oxygen atoms in total. The molecule has 1 aliphatic heterocycles. The Labute approximate surface area is 140 Å². The molecule has 3 rings (SSSR count). The third-order valence-corrected chi connectivity index (χ3v) is 4.89. The third-order valence-electron chi connectivity index (χ3n) is 3.89. The summed E-state index contributed by atoms with van der Waals surface area (Å²) in [5, 5.41) is 12.1. The first kappa shape index (κ1) is 15.7. The number of rotatable bonds is 4. The van der Waals surface area contributed by atoms with Crippen LogP contribution in [0.15, 0.2) is 59.8 Å². The number of piperazine rings is 1. The second-order valence-electron chi connectivity index (χ2n) is 5.36. The van der Waals surface area contributed by atoms with E-state index in [1.807, 2.05) is 23.1 Å². The van der Waals surface area contributed by atoms with E-state index in [0.29, 0.717) is 10.8 Å². The summed E-state index contributed by atoms with van der Waals surface area (Å²) in [5.41, 5.74) is 1.20. The largest absolute Gasteiger partial charge is 0.618 e. The number of nitrogens with zero attached hydrogens (tertiary/aromatic N) is 3. The number of aromatic nitrogens is 1. The maximum Gasteiger partial charge on any atom is 0.251 e. The van der Waals surface area contributed by atoms with E-state index in [1.165, 1.54) is 23.6 Å². The van der Waals surface area contributed by atoms with Crippen molar-refractivity contribution in [1.82, 2.24) is 4.90 Å². The minimum Gasteiger partial charge on any atom is -0.618 e. The zero-order valence-electron chi connectivity index (χ0n) is 12.8. The summed E-state index contributed by atoms with van der Waals surface area (Å²) in [6.07, 6.45) is 1.45. The van der Waals surface area contributed by atoms with Crippen LogP contribution in [0.2, 0.25) is 0 Å².